The van der Waals surface area contributed by atoms with Gasteiger partial charge in [-0.25, -0.2) is 0 Å². The third-order valence-corrected chi connectivity index (χ3v) is 2.87. The largest absolute Gasteiger partial charge is 0.399 e. The van der Waals surface area contributed by atoms with Crippen LogP contribution in [-0.2, 0) is 0 Å². The Kier molecular flexibility index (Phi) is 3.53. The van der Waals surface area contributed by atoms with Gasteiger partial charge in [0.25, 0.3) is 5.91 Å². The highest BCUT2D eigenvalue weighted by Crippen LogP contribution is 2.17. The highest BCUT2D eigenvalue weighted by atomic mass is 79.9. The van der Waals surface area contributed by atoms with Gasteiger partial charge in [-0.2, -0.15) is 0 Å². The zero-order chi connectivity index (χ0) is 13.1. The van der Waals surface area contributed by atoms with Gasteiger partial charge in [-0.15, -0.1) is 0 Å². The van der Waals surface area contributed by atoms with E-state index in [2.05, 4.69) is 21.2 Å². The summed E-state index contributed by atoms with van der Waals surface area (Å²) in [6.45, 7) is 0. The number of nitrogen functional groups attached to an aromatic ring is 2. The Labute approximate surface area is 113 Å². The normalized spacial score (nSPS) is 10.1. The summed E-state index contributed by atoms with van der Waals surface area (Å²) in [4.78, 5) is 12.0. The van der Waals surface area contributed by atoms with E-state index in [1.807, 2.05) is 12.1 Å². The maximum atomic E-state index is 12.0. The number of nitrogens with one attached hydrogen (secondary N) is 1. The Morgan fingerprint density at radius 2 is 1.56 bits per heavy atom. The quantitative estimate of drug-likeness (QED) is 0.746. The lowest BCUT2D eigenvalue weighted by molar-refractivity contribution is 0.102. The van der Waals surface area contributed by atoms with Crippen LogP contribution >= 0.6 is 15.9 Å². The van der Waals surface area contributed by atoms with Gasteiger partial charge in [-0.1, -0.05) is 15.9 Å². The Morgan fingerprint density at radius 3 is 2.11 bits per heavy atom. The molecule has 2 aromatic rings. The molecule has 0 saturated heterocycles. The minimum absolute atomic E-state index is 0.240. The summed E-state index contributed by atoms with van der Waals surface area (Å²) in [5.41, 5.74) is 13.4. The number of carbonyl (C=O) groups is 1. The molecular weight excluding hydrogens is 294 g/mol. The second-order valence-electron chi connectivity index (χ2n) is 3.85. The standard InChI is InChI=1S/C13H12BrN3O/c14-9-1-3-12(4-2-9)17-13(18)8-5-10(15)7-11(16)6-8/h1-7H,15-16H2,(H,17,18). The van der Waals surface area contributed by atoms with E-state index in [4.69, 9.17) is 11.5 Å². The van der Waals surface area contributed by atoms with Crippen LogP contribution in [0.5, 0.6) is 0 Å². The Hall–Kier alpha value is -2.01. The second-order valence-corrected chi connectivity index (χ2v) is 4.77. The number of hydrogen-bond acceptors (Lipinski definition) is 3. The number of nitrogens with two attached hydrogens (primary N) is 2. The van der Waals surface area contributed by atoms with Crippen molar-refractivity contribution >= 4 is 38.9 Å². The summed E-state index contributed by atoms with van der Waals surface area (Å²) in [6.07, 6.45) is 0. The van der Waals surface area contributed by atoms with Crippen LogP contribution in [-0.4, -0.2) is 5.91 Å². The lowest BCUT2D eigenvalue weighted by Gasteiger charge is -2.07. The second kappa shape index (κ2) is 5.10. The van der Waals surface area contributed by atoms with Crippen molar-refractivity contribution < 1.29 is 4.79 Å². The zero-order valence-electron chi connectivity index (χ0n) is 9.48. The molecule has 0 aromatic heterocycles. The third kappa shape index (κ3) is 3.01. The summed E-state index contributed by atoms with van der Waals surface area (Å²) in [5, 5.41) is 2.77. The topological polar surface area (TPSA) is 81.1 Å². The lowest BCUT2D eigenvalue weighted by Crippen LogP contribution is -2.12. The average molecular weight is 306 g/mol. The molecule has 1 amide bonds. The predicted octanol–water partition coefficient (Wildman–Crippen LogP) is 2.87. The summed E-state index contributed by atoms with van der Waals surface area (Å²) in [7, 11) is 0. The molecule has 18 heavy (non-hydrogen) atoms. The van der Waals surface area contributed by atoms with Crippen LogP contribution in [0, 0.1) is 0 Å². The van der Waals surface area contributed by atoms with E-state index in [-0.39, 0.29) is 5.91 Å². The maximum absolute atomic E-state index is 12.0. The van der Waals surface area contributed by atoms with Crippen molar-refractivity contribution in [2.24, 2.45) is 0 Å². The molecule has 0 aliphatic heterocycles. The molecule has 0 fully saturated rings. The van der Waals surface area contributed by atoms with Crippen LogP contribution in [0.3, 0.4) is 0 Å². The highest BCUT2D eigenvalue weighted by Gasteiger charge is 2.07. The van der Waals surface area contributed by atoms with Crippen molar-refractivity contribution in [3.05, 3.63) is 52.5 Å². The lowest BCUT2D eigenvalue weighted by atomic mass is 10.1. The molecule has 0 unspecified atom stereocenters. The number of rotatable bonds is 2. The van der Waals surface area contributed by atoms with Gasteiger partial charge in [0.2, 0.25) is 0 Å². The van der Waals surface area contributed by atoms with Gasteiger partial charge < -0.3 is 16.8 Å². The summed E-state index contributed by atoms with van der Waals surface area (Å²) >= 11 is 3.33. The summed E-state index contributed by atoms with van der Waals surface area (Å²) in [5.74, 6) is -0.240. The number of hydrogen-bond donors (Lipinski definition) is 3. The van der Waals surface area contributed by atoms with Crippen molar-refractivity contribution in [2.45, 2.75) is 0 Å². The SMILES string of the molecule is Nc1cc(N)cc(C(=O)Nc2ccc(Br)cc2)c1. The molecule has 92 valence electrons. The number of carbonyl (C=O) groups excluding carboxylic acids is 1. The van der Waals surface area contributed by atoms with Crippen molar-refractivity contribution in [1.29, 1.82) is 0 Å². The molecule has 0 radical (unpaired) electrons. The van der Waals surface area contributed by atoms with Crippen molar-refractivity contribution in [2.75, 3.05) is 16.8 Å². The van der Waals surface area contributed by atoms with Gasteiger partial charge in [-0.05, 0) is 42.5 Å². The van der Waals surface area contributed by atoms with Crippen molar-refractivity contribution in [3.63, 3.8) is 0 Å². The first kappa shape index (κ1) is 12.4. The number of anilines is 3. The Balaban J connectivity index is 2.19. The monoisotopic (exact) mass is 305 g/mol. The van der Waals surface area contributed by atoms with E-state index < -0.39 is 0 Å². The molecular formula is C13H12BrN3O. The predicted molar refractivity (Wildman–Crippen MR) is 77.4 cm³/mol. The van der Waals surface area contributed by atoms with Gasteiger partial charge in [0.1, 0.15) is 0 Å². The van der Waals surface area contributed by atoms with E-state index in [1.54, 1.807) is 30.3 Å². The minimum Gasteiger partial charge on any atom is -0.399 e. The molecule has 0 heterocycles. The fraction of sp³-hybridized carbons (Fsp3) is 0. The molecule has 0 aliphatic carbocycles. The van der Waals surface area contributed by atoms with E-state index in [9.17, 15) is 4.79 Å². The molecule has 5 heteroatoms. The number of halogens is 1. The molecule has 2 rings (SSSR count). The molecule has 0 spiro atoms. The van der Waals surface area contributed by atoms with Crippen LogP contribution in [0.15, 0.2) is 46.9 Å². The van der Waals surface area contributed by atoms with Gasteiger partial charge in [0.05, 0.1) is 0 Å². The van der Waals surface area contributed by atoms with Crippen LogP contribution in [0.25, 0.3) is 0 Å². The fourth-order valence-corrected chi connectivity index (χ4v) is 1.81. The number of benzene rings is 2. The molecule has 0 saturated carbocycles. The first-order valence-electron chi connectivity index (χ1n) is 5.27. The van der Waals surface area contributed by atoms with Crippen LogP contribution in [0.4, 0.5) is 17.1 Å². The van der Waals surface area contributed by atoms with E-state index >= 15 is 0 Å². The molecule has 5 N–H and O–H groups in total. The van der Waals surface area contributed by atoms with Gasteiger partial charge in [-0.3, -0.25) is 4.79 Å². The van der Waals surface area contributed by atoms with Gasteiger partial charge >= 0.3 is 0 Å². The molecule has 0 atom stereocenters. The van der Waals surface area contributed by atoms with Crippen LogP contribution in [0.2, 0.25) is 0 Å². The Morgan fingerprint density at radius 1 is 1.00 bits per heavy atom. The Bertz CT molecular complexity index is 561. The first-order chi connectivity index (χ1) is 8.54. The molecule has 0 aliphatic rings. The van der Waals surface area contributed by atoms with Crippen LogP contribution in [0.1, 0.15) is 10.4 Å². The molecule has 4 nitrogen and oxygen atoms in total. The van der Waals surface area contributed by atoms with Crippen LogP contribution < -0.4 is 16.8 Å². The summed E-state index contributed by atoms with van der Waals surface area (Å²) in [6, 6.07) is 12.1. The van der Waals surface area contributed by atoms with E-state index in [1.165, 1.54) is 0 Å². The van der Waals surface area contributed by atoms with Gasteiger partial charge in [0, 0.05) is 27.1 Å². The highest BCUT2D eigenvalue weighted by molar-refractivity contribution is 9.10. The third-order valence-electron chi connectivity index (χ3n) is 2.34. The molecule has 0 bridgehead atoms. The van der Waals surface area contributed by atoms with Gasteiger partial charge in [0.15, 0.2) is 0 Å². The minimum atomic E-state index is -0.240. The fourth-order valence-electron chi connectivity index (χ4n) is 1.54. The van der Waals surface area contributed by atoms with Crippen molar-refractivity contribution in [3.8, 4) is 0 Å². The first-order valence-corrected chi connectivity index (χ1v) is 6.07. The smallest absolute Gasteiger partial charge is 0.255 e. The average Bonchev–Trinajstić information content (AvgIpc) is 2.31. The van der Waals surface area contributed by atoms with E-state index in [0.717, 1.165) is 4.47 Å². The molecule has 2 aromatic carbocycles. The maximum Gasteiger partial charge on any atom is 0.255 e. The van der Waals surface area contributed by atoms with Crippen molar-refractivity contribution in [1.82, 2.24) is 0 Å². The zero-order valence-corrected chi connectivity index (χ0v) is 11.1. The van der Waals surface area contributed by atoms with E-state index in [0.29, 0.717) is 22.6 Å². The number of amides is 1. The summed E-state index contributed by atoms with van der Waals surface area (Å²) < 4.78 is 0.952.